The Bertz CT molecular complexity index is 124. The van der Waals surface area contributed by atoms with Gasteiger partial charge in [0.1, 0.15) is 0 Å². The summed E-state index contributed by atoms with van der Waals surface area (Å²) in [5.74, 6) is 0. The average Bonchev–Trinajstić information content (AvgIpc) is 1.59. The van der Waals surface area contributed by atoms with Crippen LogP contribution in [-0.4, -0.2) is 22.4 Å². The summed E-state index contributed by atoms with van der Waals surface area (Å²) in [6.07, 6.45) is 0.785. The number of halogens is 1. The van der Waals surface area contributed by atoms with Crippen molar-refractivity contribution in [1.29, 1.82) is 0 Å². The van der Waals surface area contributed by atoms with E-state index in [1.54, 1.807) is 0 Å². The largest absolute Gasteiger partial charge is 0.487 e. The van der Waals surface area contributed by atoms with E-state index in [2.05, 4.69) is 17.5 Å². The van der Waals surface area contributed by atoms with Gasteiger partial charge in [-0.2, -0.15) is 0 Å². The van der Waals surface area contributed by atoms with E-state index in [9.17, 15) is 0 Å². The third-order valence-electron chi connectivity index (χ3n) is 1.05. The molecule has 0 bridgehead atoms. The van der Waals surface area contributed by atoms with Crippen molar-refractivity contribution in [2.24, 2.45) is 5.73 Å². The van der Waals surface area contributed by atoms with Crippen LogP contribution >= 0.6 is 24.6 Å². The van der Waals surface area contributed by atoms with Gasteiger partial charge in [0.15, 0.2) is 0 Å². The topological polar surface area (TPSA) is 58.3 Å². The normalized spacial score (nSPS) is 10.1. The molecule has 0 heterocycles. The highest BCUT2D eigenvalue weighted by atomic mass is 35.5. The Kier molecular flexibility index (Phi) is 6.85. The fraction of sp³-hybridized carbons (Fsp3) is 0.833. The summed E-state index contributed by atoms with van der Waals surface area (Å²) < 4.78 is 0. The summed E-state index contributed by atoms with van der Waals surface area (Å²) in [4.78, 5) is 0. The van der Waals surface area contributed by atoms with E-state index >= 15 is 0 Å². The molecule has 0 saturated carbocycles. The molecule has 4 N–H and O–H groups in total. The second-order valence-corrected chi connectivity index (χ2v) is 3.36. The number of thiocarbonyl (C=S) groups is 1. The number of aliphatic hydroxyl groups is 1. The molecule has 0 rings (SSSR count). The molecule has 11 heavy (non-hydrogen) atoms. The molecule has 0 atom stereocenters. The fourth-order valence-electron chi connectivity index (χ4n) is 0.492. The number of aliphatic hydroxyl groups excluding tert-OH is 1. The monoisotopic (exact) mass is 198 g/mol. The lowest BCUT2D eigenvalue weighted by Gasteiger charge is -2.17. The summed E-state index contributed by atoms with van der Waals surface area (Å²) in [7, 11) is 0. The molecule has 0 fully saturated rings. The lowest BCUT2D eigenvalue weighted by molar-refractivity contribution is 0.458. The van der Waals surface area contributed by atoms with Crippen LogP contribution < -0.4 is 11.1 Å². The van der Waals surface area contributed by atoms with Crippen molar-refractivity contribution >= 4 is 29.8 Å². The zero-order chi connectivity index (χ0) is 8.20. The third-order valence-corrected chi connectivity index (χ3v) is 1.19. The van der Waals surface area contributed by atoms with Crippen LogP contribution in [0.2, 0.25) is 0 Å². The minimum atomic E-state index is -0.197. The van der Waals surface area contributed by atoms with Crippen LogP contribution in [0, 0.1) is 0 Å². The Balaban J connectivity index is 0. The third kappa shape index (κ3) is 13.0. The maximum atomic E-state index is 8.53. The molecule has 0 aromatic carbocycles. The summed E-state index contributed by atoms with van der Waals surface area (Å²) in [5, 5.41) is 11.0. The highest BCUT2D eigenvalue weighted by Crippen LogP contribution is 2.00. The van der Waals surface area contributed by atoms with Crippen molar-refractivity contribution < 1.29 is 5.11 Å². The first kappa shape index (κ1) is 13.5. The van der Waals surface area contributed by atoms with Crippen LogP contribution in [-0.2, 0) is 0 Å². The summed E-state index contributed by atoms with van der Waals surface area (Å²) in [6.45, 7) is 4.48. The lowest BCUT2D eigenvalue weighted by Crippen LogP contribution is -2.36. The number of nitrogens with two attached hydrogens (primary N) is 1. The molecule has 0 radical (unpaired) electrons. The zero-order valence-electron chi connectivity index (χ0n) is 6.76. The molecule has 0 saturated heterocycles. The van der Waals surface area contributed by atoms with E-state index in [0.717, 1.165) is 6.42 Å². The van der Waals surface area contributed by atoms with Gasteiger partial charge in [0.2, 0.25) is 0 Å². The number of rotatable bonds is 3. The highest BCUT2D eigenvalue weighted by molar-refractivity contribution is 7.79. The fourth-order valence-corrected chi connectivity index (χ4v) is 0.594. The van der Waals surface area contributed by atoms with Gasteiger partial charge >= 0.3 is 0 Å². The van der Waals surface area contributed by atoms with E-state index in [4.69, 9.17) is 10.8 Å². The molecule has 0 aromatic rings. The minimum Gasteiger partial charge on any atom is -0.487 e. The molecular formula is C6H15ClN2OS. The molecule has 0 aromatic heterocycles. The van der Waals surface area contributed by atoms with E-state index in [1.165, 1.54) is 0 Å². The molecule has 0 spiro atoms. The van der Waals surface area contributed by atoms with Gasteiger partial charge in [-0.25, -0.2) is 0 Å². The van der Waals surface area contributed by atoms with Gasteiger partial charge in [0.05, 0.1) is 0 Å². The Labute approximate surface area is 78.8 Å². The maximum Gasteiger partial charge on any atom is 0.254 e. The molecule has 5 heteroatoms. The first-order valence-electron chi connectivity index (χ1n) is 3.17. The minimum absolute atomic E-state index is 0. The van der Waals surface area contributed by atoms with Gasteiger partial charge in [-0.15, -0.1) is 12.4 Å². The first-order chi connectivity index (χ1) is 4.42. The number of hydrogen-bond donors (Lipinski definition) is 3. The first-order valence-corrected chi connectivity index (χ1v) is 3.58. The van der Waals surface area contributed by atoms with Gasteiger partial charge in [-0.1, -0.05) is 0 Å². The Morgan fingerprint density at radius 3 is 2.36 bits per heavy atom. The van der Waals surface area contributed by atoms with Crippen LogP contribution in [0.1, 0.15) is 20.3 Å². The molecule has 68 valence electrons. The zero-order valence-corrected chi connectivity index (χ0v) is 8.39. The highest BCUT2D eigenvalue weighted by Gasteiger charge is 2.08. The van der Waals surface area contributed by atoms with Crippen molar-refractivity contribution in [1.82, 2.24) is 5.32 Å². The molecule has 0 aliphatic heterocycles. The lowest BCUT2D eigenvalue weighted by atomic mass is 10.0. The second-order valence-electron chi connectivity index (χ2n) is 2.97. The molecule has 0 aliphatic carbocycles. The Hall–Kier alpha value is -0.0600. The van der Waals surface area contributed by atoms with Crippen molar-refractivity contribution in [2.45, 2.75) is 25.8 Å². The predicted molar refractivity (Wildman–Crippen MR) is 53.4 cm³/mol. The van der Waals surface area contributed by atoms with Gasteiger partial charge in [0, 0.05) is 12.1 Å². The quantitative estimate of drug-likeness (QED) is 0.592. The van der Waals surface area contributed by atoms with Crippen LogP contribution in [0.4, 0.5) is 0 Å². The van der Waals surface area contributed by atoms with Gasteiger partial charge in [-0.3, -0.25) is 0 Å². The number of hydrogen-bond acceptors (Lipinski definition) is 2. The Morgan fingerprint density at radius 2 is 2.09 bits per heavy atom. The van der Waals surface area contributed by atoms with Crippen molar-refractivity contribution in [3.05, 3.63) is 0 Å². The molecule has 3 nitrogen and oxygen atoms in total. The standard InChI is InChI=1S/C6H14N2OS.ClH/c1-6(2,7)3-4-8-5(9)10;/h3-4,7H2,1-2H3,(H2,8,9,10);1H. The van der Waals surface area contributed by atoms with E-state index in [-0.39, 0.29) is 23.1 Å². The summed E-state index contributed by atoms with van der Waals surface area (Å²) in [5.41, 5.74) is 5.46. The molecule has 0 amide bonds. The Morgan fingerprint density at radius 1 is 1.64 bits per heavy atom. The second kappa shape index (κ2) is 5.57. The van der Waals surface area contributed by atoms with Gasteiger partial charge < -0.3 is 16.2 Å². The molecular weight excluding hydrogens is 184 g/mol. The SMILES string of the molecule is CC(C)(N)CCNC(O)=S.Cl. The summed E-state index contributed by atoms with van der Waals surface area (Å²) in [6, 6.07) is 0. The maximum absolute atomic E-state index is 8.53. The van der Waals surface area contributed by atoms with Crippen LogP contribution in [0.15, 0.2) is 0 Å². The smallest absolute Gasteiger partial charge is 0.254 e. The molecule has 0 aliphatic rings. The van der Waals surface area contributed by atoms with Gasteiger partial charge in [-0.05, 0) is 32.5 Å². The van der Waals surface area contributed by atoms with Crippen molar-refractivity contribution in [3.8, 4) is 0 Å². The van der Waals surface area contributed by atoms with Gasteiger partial charge in [0.25, 0.3) is 5.17 Å². The van der Waals surface area contributed by atoms with E-state index < -0.39 is 0 Å². The van der Waals surface area contributed by atoms with Crippen molar-refractivity contribution in [2.75, 3.05) is 6.54 Å². The predicted octanol–water partition coefficient (Wildman–Crippen LogP) is 0.968. The van der Waals surface area contributed by atoms with Crippen LogP contribution in [0.5, 0.6) is 0 Å². The average molecular weight is 199 g/mol. The molecule has 0 unspecified atom stereocenters. The van der Waals surface area contributed by atoms with E-state index in [1.807, 2.05) is 13.8 Å². The number of nitrogens with one attached hydrogen (secondary N) is 1. The van der Waals surface area contributed by atoms with Crippen molar-refractivity contribution in [3.63, 3.8) is 0 Å². The summed E-state index contributed by atoms with van der Waals surface area (Å²) >= 11 is 4.39. The van der Waals surface area contributed by atoms with Crippen LogP contribution in [0.3, 0.4) is 0 Å². The van der Waals surface area contributed by atoms with Crippen LogP contribution in [0.25, 0.3) is 0 Å². The van der Waals surface area contributed by atoms with E-state index in [0.29, 0.717) is 6.54 Å².